The summed E-state index contributed by atoms with van der Waals surface area (Å²) in [6, 6.07) is 6.41. The molecule has 0 amide bonds. The fourth-order valence-corrected chi connectivity index (χ4v) is 2.29. The molecule has 0 aliphatic heterocycles. The van der Waals surface area contributed by atoms with E-state index in [0.29, 0.717) is 6.42 Å². The van der Waals surface area contributed by atoms with Gasteiger partial charge in [-0.3, -0.25) is 4.98 Å². The van der Waals surface area contributed by atoms with Crippen LogP contribution in [0.1, 0.15) is 15.8 Å². The van der Waals surface area contributed by atoms with E-state index in [2.05, 4.69) is 4.98 Å². The summed E-state index contributed by atoms with van der Waals surface area (Å²) < 4.78 is 12.7. The van der Waals surface area contributed by atoms with Crippen LogP contribution in [0.4, 0.5) is 4.39 Å². The molecule has 1 heterocycles. The van der Waals surface area contributed by atoms with Crippen LogP contribution in [0.25, 0.3) is 0 Å². The summed E-state index contributed by atoms with van der Waals surface area (Å²) in [6.07, 6.45) is 2.47. The highest BCUT2D eigenvalue weighted by molar-refractivity contribution is 7.09. The second-order valence-electron chi connectivity index (χ2n) is 3.20. The Morgan fingerprint density at radius 3 is 2.67 bits per heavy atom. The fraction of sp³-hybridized carbons (Fsp3) is 0.182. The summed E-state index contributed by atoms with van der Waals surface area (Å²) >= 11 is 7.73. The van der Waals surface area contributed by atoms with Crippen molar-refractivity contribution in [1.82, 2.24) is 4.98 Å². The normalized spacial score (nSPS) is 12.7. The zero-order valence-corrected chi connectivity index (χ0v) is 9.43. The molecule has 0 fully saturated rings. The van der Waals surface area contributed by atoms with Gasteiger partial charge in [-0.2, -0.15) is 0 Å². The molecule has 0 saturated carbocycles. The molecule has 1 aromatic carbocycles. The van der Waals surface area contributed by atoms with Crippen molar-refractivity contribution < 1.29 is 4.39 Å². The minimum Gasteiger partial charge on any atom is -0.253 e. The van der Waals surface area contributed by atoms with E-state index in [1.54, 1.807) is 23.8 Å². The van der Waals surface area contributed by atoms with Gasteiger partial charge in [-0.1, -0.05) is 12.1 Å². The highest BCUT2D eigenvalue weighted by atomic mass is 35.5. The third-order valence-electron chi connectivity index (χ3n) is 2.09. The van der Waals surface area contributed by atoms with Gasteiger partial charge in [-0.05, 0) is 24.1 Å². The predicted molar refractivity (Wildman–Crippen MR) is 60.8 cm³/mol. The quantitative estimate of drug-likeness (QED) is 0.745. The van der Waals surface area contributed by atoms with Crippen LogP contribution >= 0.6 is 22.9 Å². The van der Waals surface area contributed by atoms with Gasteiger partial charge in [0.1, 0.15) is 5.82 Å². The van der Waals surface area contributed by atoms with Crippen LogP contribution in [0.3, 0.4) is 0 Å². The van der Waals surface area contributed by atoms with Crippen LogP contribution in [0.5, 0.6) is 0 Å². The maximum absolute atomic E-state index is 12.7. The lowest BCUT2D eigenvalue weighted by Crippen LogP contribution is -1.93. The van der Waals surface area contributed by atoms with E-state index in [1.165, 1.54) is 23.5 Å². The maximum Gasteiger partial charge on any atom is 0.123 e. The summed E-state index contributed by atoms with van der Waals surface area (Å²) in [6.45, 7) is 0. The first-order valence-corrected chi connectivity index (χ1v) is 5.84. The van der Waals surface area contributed by atoms with Gasteiger partial charge in [0.05, 0.1) is 10.9 Å². The third kappa shape index (κ3) is 2.76. The first kappa shape index (κ1) is 10.6. The van der Waals surface area contributed by atoms with Gasteiger partial charge in [0.15, 0.2) is 0 Å². The molecule has 0 bridgehead atoms. The molecule has 0 aliphatic rings. The Kier molecular flexibility index (Phi) is 3.34. The molecule has 0 saturated heterocycles. The monoisotopic (exact) mass is 241 g/mol. The van der Waals surface area contributed by atoms with Gasteiger partial charge >= 0.3 is 0 Å². The summed E-state index contributed by atoms with van der Waals surface area (Å²) in [5.74, 6) is -0.220. The van der Waals surface area contributed by atoms with Crippen molar-refractivity contribution in [2.75, 3.05) is 0 Å². The zero-order valence-electron chi connectivity index (χ0n) is 7.86. The molecule has 0 N–H and O–H groups in total. The number of thiazole rings is 1. The standard InChI is InChI=1S/C11H9ClFNS/c12-10(11-6-14-7-15-11)5-8-1-3-9(13)4-2-8/h1-4,6-7,10H,5H2. The Morgan fingerprint density at radius 2 is 2.07 bits per heavy atom. The minimum atomic E-state index is -0.220. The molecule has 2 rings (SSSR count). The molecular formula is C11H9ClFNS. The zero-order chi connectivity index (χ0) is 10.7. The molecule has 0 spiro atoms. The lowest BCUT2D eigenvalue weighted by Gasteiger charge is -2.06. The Balaban J connectivity index is 2.06. The number of nitrogens with zero attached hydrogens (tertiary/aromatic N) is 1. The second-order valence-corrected chi connectivity index (χ2v) is 4.65. The average molecular weight is 242 g/mol. The Bertz CT molecular complexity index is 413. The van der Waals surface area contributed by atoms with Crippen molar-refractivity contribution in [3.63, 3.8) is 0 Å². The third-order valence-corrected chi connectivity index (χ3v) is 3.50. The Morgan fingerprint density at radius 1 is 1.33 bits per heavy atom. The molecule has 1 unspecified atom stereocenters. The SMILES string of the molecule is Fc1ccc(CC(Cl)c2cncs2)cc1. The topological polar surface area (TPSA) is 12.9 Å². The highest BCUT2D eigenvalue weighted by Gasteiger charge is 2.10. The van der Waals surface area contributed by atoms with Crippen molar-refractivity contribution in [1.29, 1.82) is 0 Å². The predicted octanol–water partition coefficient (Wildman–Crippen LogP) is 3.80. The number of aromatic nitrogens is 1. The van der Waals surface area contributed by atoms with Gasteiger partial charge in [-0.25, -0.2) is 4.39 Å². The van der Waals surface area contributed by atoms with Crippen LogP contribution in [0.2, 0.25) is 0 Å². The van der Waals surface area contributed by atoms with E-state index in [-0.39, 0.29) is 11.2 Å². The van der Waals surface area contributed by atoms with E-state index in [4.69, 9.17) is 11.6 Å². The number of hydrogen-bond donors (Lipinski definition) is 0. The lowest BCUT2D eigenvalue weighted by molar-refractivity contribution is 0.627. The number of halogens is 2. The van der Waals surface area contributed by atoms with Crippen molar-refractivity contribution in [2.24, 2.45) is 0 Å². The smallest absolute Gasteiger partial charge is 0.123 e. The molecule has 0 aliphatic carbocycles. The molecule has 0 radical (unpaired) electrons. The molecule has 2 aromatic rings. The fourth-order valence-electron chi connectivity index (χ4n) is 1.31. The van der Waals surface area contributed by atoms with Gasteiger partial charge < -0.3 is 0 Å². The van der Waals surface area contributed by atoms with Crippen LogP contribution in [-0.2, 0) is 6.42 Å². The molecule has 1 aromatic heterocycles. The summed E-state index contributed by atoms with van der Waals surface area (Å²) in [4.78, 5) is 5.02. The molecule has 4 heteroatoms. The number of rotatable bonds is 3. The second kappa shape index (κ2) is 4.73. The van der Waals surface area contributed by atoms with E-state index < -0.39 is 0 Å². The molecule has 1 atom stereocenters. The van der Waals surface area contributed by atoms with E-state index in [0.717, 1.165) is 10.4 Å². The first-order valence-electron chi connectivity index (χ1n) is 4.52. The van der Waals surface area contributed by atoms with Crippen LogP contribution < -0.4 is 0 Å². The number of hydrogen-bond acceptors (Lipinski definition) is 2. The first-order chi connectivity index (χ1) is 7.25. The van der Waals surface area contributed by atoms with Crippen molar-refractivity contribution in [2.45, 2.75) is 11.8 Å². The molecular weight excluding hydrogens is 233 g/mol. The van der Waals surface area contributed by atoms with E-state index in [9.17, 15) is 4.39 Å². The van der Waals surface area contributed by atoms with Crippen LogP contribution in [0, 0.1) is 5.82 Å². The summed E-state index contributed by atoms with van der Waals surface area (Å²) in [5, 5.41) is -0.0806. The minimum absolute atomic E-state index is 0.0806. The molecule has 78 valence electrons. The number of benzene rings is 1. The van der Waals surface area contributed by atoms with E-state index >= 15 is 0 Å². The largest absolute Gasteiger partial charge is 0.253 e. The van der Waals surface area contributed by atoms with E-state index in [1.807, 2.05) is 0 Å². The summed E-state index contributed by atoms with van der Waals surface area (Å²) in [5.41, 5.74) is 2.79. The number of alkyl halides is 1. The van der Waals surface area contributed by atoms with Gasteiger partial charge in [0.2, 0.25) is 0 Å². The highest BCUT2D eigenvalue weighted by Crippen LogP contribution is 2.27. The summed E-state index contributed by atoms with van der Waals surface area (Å²) in [7, 11) is 0. The molecule has 15 heavy (non-hydrogen) atoms. The van der Waals surface area contributed by atoms with Crippen LogP contribution in [-0.4, -0.2) is 4.98 Å². The average Bonchev–Trinajstić information content (AvgIpc) is 2.74. The van der Waals surface area contributed by atoms with Crippen molar-refractivity contribution >= 4 is 22.9 Å². The lowest BCUT2D eigenvalue weighted by atomic mass is 10.1. The Hall–Kier alpha value is -0.930. The maximum atomic E-state index is 12.7. The van der Waals surface area contributed by atoms with Gasteiger partial charge in [0.25, 0.3) is 0 Å². The van der Waals surface area contributed by atoms with Crippen molar-refractivity contribution in [3.05, 3.63) is 52.2 Å². The Labute approximate surface area is 96.5 Å². The van der Waals surface area contributed by atoms with Gasteiger partial charge in [0, 0.05) is 11.1 Å². The van der Waals surface area contributed by atoms with Gasteiger partial charge in [-0.15, -0.1) is 22.9 Å². The van der Waals surface area contributed by atoms with Crippen LogP contribution in [0.15, 0.2) is 36.0 Å². The van der Waals surface area contributed by atoms with Crippen molar-refractivity contribution in [3.8, 4) is 0 Å². The molecule has 1 nitrogen and oxygen atoms in total.